The highest BCUT2D eigenvalue weighted by molar-refractivity contribution is 7.98. The number of para-hydroxylation sites is 1. The molecule has 3 aromatic rings. The highest BCUT2D eigenvalue weighted by atomic mass is 35.5. The number of rotatable bonds is 9. The first kappa shape index (κ1) is 24.5. The molecule has 0 aliphatic carbocycles. The fraction of sp³-hybridized carbons (Fsp3) is 0.364. The van der Waals surface area contributed by atoms with Crippen molar-refractivity contribution in [1.82, 2.24) is 9.88 Å². The Morgan fingerprint density at radius 2 is 1.87 bits per heavy atom. The third-order valence-electron chi connectivity index (χ3n) is 4.92. The van der Waals surface area contributed by atoms with Crippen molar-refractivity contribution in [2.45, 2.75) is 18.7 Å². The third kappa shape index (κ3) is 5.46. The second kappa shape index (κ2) is 11.6. The molecule has 2 aromatic carbocycles. The van der Waals surface area contributed by atoms with Crippen molar-refractivity contribution in [3.63, 3.8) is 0 Å². The summed E-state index contributed by atoms with van der Waals surface area (Å²) in [7, 11) is 1.64. The molecule has 0 aliphatic heterocycles. The van der Waals surface area contributed by atoms with Crippen LogP contribution in [0.15, 0.2) is 47.4 Å². The Balaban J connectivity index is 0.00000320. The molecule has 0 atom stereocenters. The second-order valence-electron chi connectivity index (χ2n) is 6.52. The molecule has 3 rings (SSSR count). The van der Waals surface area contributed by atoms with E-state index in [1.54, 1.807) is 18.9 Å². The SMILES string of the molecule is CCN(CC)CCN(C(=O)c1cccc(SC)c1)c1nc2c(OC)cccc2s1.Cl. The average molecular weight is 466 g/mol. The van der Waals surface area contributed by atoms with Gasteiger partial charge in [0.15, 0.2) is 5.13 Å². The Labute approximate surface area is 192 Å². The molecule has 1 heterocycles. The maximum absolute atomic E-state index is 13.5. The number of halogens is 1. The quantitative estimate of drug-likeness (QED) is 0.394. The van der Waals surface area contributed by atoms with Crippen LogP contribution in [0.3, 0.4) is 0 Å². The van der Waals surface area contributed by atoms with E-state index in [2.05, 4.69) is 18.7 Å². The number of carbonyl (C=O) groups is 1. The lowest BCUT2D eigenvalue weighted by atomic mass is 10.2. The lowest BCUT2D eigenvalue weighted by Crippen LogP contribution is -2.38. The van der Waals surface area contributed by atoms with Gasteiger partial charge in [0.25, 0.3) is 5.91 Å². The smallest absolute Gasteiger partial charge is 0.260 e. The molecule has 162 valence electrons. The molecule has 5 nitrogen and oxygen atoms in total. The summed E-state index contributed by atoms with van der Waals surface area (Å²) >= 11 is 3.16. The van der Waals surface area contributed by atoms with Gasteiger partial charge in [0.1, 0.15) is 11.3 Å². The number of anilines is 1. The van der Waals surface area contributed by atoms with Gasteiger partial charge in [0, 0.05) is 23.5 Å². The van der Waals surface area contributed by atoms with Crippen LogP contribution in [0.5, 0.6) is 5.75 Å². The van der Waals surface area contributed by atoms with Crippen molar-refractivity contribution in [2.75, 3.05) is 44.4 Å². The summed E-state index contributed by atoms with van der Waals surface area (Å²) in [6, 6.07) is 13.6. The standard InChI is InChI=1S/C22H27N3O2S2.ClH/c1-5-24(6-2)13-14-25(21(26)16-9-7-10-17(15-16)28-4)22-23-20-18(27-3)11-8-12-19(20)29-22;/h7-12,15H,5-6,13-14H2,1-4H3;1H. The predicted molar refractivity (Wildman–Crippen MR) is 131 cm³/mol. The molecule has 0 saturated carbocycles. The van der Waals surface area contributed by atoms with Gasteiger partial charge in [-0.15, -0.1) is 24.2 Å². The predicted octanol–water partition coefficient (Wildman–Crippen LogP) is 5.44. The lowest BCUT2D eigenvalue weighted by Gasteiger charge is -2.25. The molecular weight excluding hydrogens is 438 g/mol. The topological polar surface area (TPSA) is 45.7 Å². The zero-order chi connectivity index (χ0) is 20.8. The Morgan fingerprint density at radius 1 is 1.13 bits per heavy atom. The van der Waals surface area contributed by atoms with Crippen LogP contribution in [-0.2, 0) is 0 Å². The number of hydrogen-bond donors (Lipinski definition) is 0. The van der Waals surface area contributed by atoms with Crippen LogP contribution in [0.4, 0.5) is 5.13 Å². The van der Waals surface area contributed by atoms with Gasteiger partial charge in [0.2, 0.25) is 0 Å². The molecule has 0 saturated heterocycles. The molecule has 0 bridgehead atoms. The van der Waals surface area contributed by atoms with Crippen LogP contribution in [-0.4, -0.2) is 55.3 Å². The first-order valence-electron chi connectivity index (χ1n) is 9.73. The molecule has 1 aromatic heterocycles. The van der Waals surface area contributed by atoms with E-state index in [0.29, 0.717) is 17.2 Å². The van der Waals surface area contributed by atoms with Crippen LogP contribution in [0, 0.1) is 0 Å². The molecule has 0 unspecified atom stereocenters. The van der Waals surface area contributed by atoms with E-state index in [9.17, 15) is 4.79 Å². The van der Waals surface area contributed by atoms with Gasteiger partial charge in [-0.25, -0.2) is 4.98 Å². The van der Waals surface area contributed by atoms with Crippen LogP contribution >= 0.6 is 35.5 Å². The van der Waals surface area contributed by atoms with E-state index in [1.165, 1.54) is 11.3 Å². The minimum atomic E-state index is -0.0221. The van der Waals surface area contributed by atoms with Crippen molar-refractivity contribution < 1.29 is 9.53 Å². The Hall–Kier alpha value is -1.80. The van der Waals surface area contributed by atoms with Crippen molar-refractivity contribution >= 4 is 56.8 Å². The summed E-state index contributed by atoms with van der Waals surface area (Å²) in [6.45, 7) is 7.57. The number of benzene rings is 2. The van der Waals surface area contributed by atoms with Crippen molar-refractivity contribution in [3.8, 4) is 5.75 Å². The Kier molecular flexibility index (Phi) is 9.42. The van der Waals surface area contributed by atoms with Crippen molar-refractivity contribution in [2.24, 2.45) is 0 Å². The maximum Gasteiger partial charge on any atom is 0.260 e. The van der Waals surface area contributed by atoms with Gasteiger partial charge < -0.3 is 9.64 Å². The number of hydrogen-bond acceptors (Lipinski definition) is 6. The summed E-state index contributed by atoms with van der Waals surface area (Å²) in [5.41, 5.74) is 1.48. The largest absolute Gasteiger partial charge is 0.494 e. The fourth-order valence-corrected chi connectivity index (χ4v) is 4.64. The fourth-order valence-electron chi connectivity index (χ4n) is 3.17. The van der Waals surface area contributed by atoms with Crippen LogP contribution in [0.25, 0.3) is 10.2 Å². The number of aromatic nitrogens is 1. The number of thioether (sulfide) groups is 1. The highest BCUT2D eigenvalue weighted by Crippen LogP contribution is 2.34. The second-order valence-corrected chi connectivity index (χ2v) is 8.41. The van der Waals surface area contributed by atoms with E-state index in [-0.39, 0.29) is 18.3 Å². The first-order chi connectivity index (χ1) is 14.1. The summed E-state index contributed by atoms with van der Waals surface area (Å²) in [6.07, 6.45) is 2.02. The number of amides is 1. The molecule has 0 fully saturated rings. The van der Waals surface area contributed by atoms with E-state index < -0.39 is 0 Å². The molecule has 0 N–H and O–H groups in total. The summed E-state index contributed by atoms with van der Waals surface area (Å²) < 4.78 is 6.47. The van der Waals surface area contributed by atoms with Gasteiger partial charge in [-0.1, -0.05) is 37.3 Å². The molecule has 30 heavy (non-hydrogen) atoms. The van der Waals surface area contributed by atoms with Crippen LogP contribution in [0.2, 0.25) is 0 Å². The normalized spacial score (nSPS) is 10.8. The van der Waals surface area contributed by atoms with E-state index >= 15 is 0 Å². The molecular formula is C22H28ClN3O2S2. The average Bonchev–Trinajstić information content (AvgIpc) is 3.20. The number of methoxy groups -OCH3 is 1. The van der Waals surface area contributed by atoms with Crippen LogP contribution < -0.4 is 9.64 Å². The summed E-state index contributed by atoms with van der Waals surface area (Å²) in [4.78, 5) is 23.4. The van der Waals surface area contributed by atoms with Gasteiger partial charge >= 0.3 is 0 Å². The first-order valence-corrected chi connectivity index (χ1v) is 11.8. The summed E-state index contributed by atoms with van der Waals surface area (Å²) in [5.74, 6) is 0.705. The van der Waals surface area contributed by atoms with Gasteiger partial charge in [-0.2, -0.15) is 0 Å². The van der Waals surface area contributed by atoms with Gasteiger partial charge in [0.05, 0.1) is 11.8 Å². The lowest BCUT2D eigenvalue weighted by molar-refractivity contribution is 0.0983. The maximum atomic E-state index is 13.5. The van der Waals surface area contributed by atoms with E-state index in [1.807, 2.05) is 53.6 Å². The van der Waals surface area contributed by atoms with E-state index in [4.69, 9.17) is 9.72 Å². The zero-order valence-corrected chi connectivity index (χ0v) is 20.2. The number of carbonyl (C=O) groups excluding carboxylic acids is 1. The van der Waals surface area contributed by atoms with Gasteiger partial charge in [-0.05, 0) is 49.7 Å². The van der Waals surface area contributed by atoms with Crippen LogP contribution in [0.1, 0.15) is 24.2 Å². The molecule has 1 amide bonds. The van der Waals surface area contributed by atoms with Crippen molar-refractivity contribution in [1.29, 1.82) is 0 Å². The third-order valence-corrected chi connectivity index (χ3v) is 6.69. The summed E-state index contributed by atoms with van der Waals surface area (Å²) in [5, 5.41) is 0.705. The molecule has 0 radical (unpaired) electrons. The number of nitrogens with zero attached hydrogens (tertiary/aromatic N) is 3. The monoisotopic (exact) mass is 465 g/mol. The molecule has 0 spiro atoms. The number of ether oxygens (including phenoxy) is 1. The molecule has 0 aliphatic rings. The number of thiazole rings is 1. The van der Waals surface area contributed by atoms with E-state index in [0.717, 1.165) is 40.5 Å². The Morgan fingerprint density at radius 3 is 2.53 bits per heavy atom. The van der Waals surface area contributed by atoms with Crippen molar-refractivity contribution in [3.05, 3.63) is 48.0 Å². The minimum Gasteiger partial charge on any atom is -0.494 e. The van der Waals surface area contributed by atoms with Gasteiger partial charge in [-0.3, -0.25) is 9.69 Å². The highest BCUT2D eigenvalue weighted by Gasteiger charge is 2.23. The number of likely N-dealkylation sites (N-methyl/N-ethyl adjacent to an activating group) is 1. The minimum absolute atomic E-state index is 0. The number of fused-ring (bicyclic) bond motifs is 1. The zero-order valence-electron chi connectivity index (χ0n) is 17.8. The molecule has 8 heteroatoms. The Bertz CT molecular complexity index is 976.